The third-order valence-corrected chi connectivity index (χ3v) is 3.36. The summed E-state index contributed by atoms with van der Waals surface area (Å²) in [7, 11) is 0. The Kier molecular flexibility index (Phi) is 5.41. The predicted molar refractivity (Wildman–Crippen MR) is 79.8 cm³/mol. The number of hydrazone groups is 1. The number of carbonyl (C=O) groups is 2. The lowest BCUT2D eigenvalue weighted by atomic mass is 10.3. The molecule has 0 aromatic carbocycles. The summed E-state index contributed by atoms with van der Waals surface area (Å²) in [5.41, 5.74) is 2.33. The SMILES string of the molecule is CC(=O)N1CCN(CC(=O)N/N=C/c2ccc([N+](=O)[O-])o2)CC1. The van der Waals surface area contributed by atoms with Gasteiger partial charge < -0.3 is 9.32 Å². The van der Waals surface area contributed by atoms with Gasteiger partial charge >= 0.3 is 5.88 Å². The summed E-state index contributed by atoms with van der Waals surface area (Å²) in [5.74, 6) is -0.488. The molecule has 1 fully saturated rings. The molecule has 1 saturated heterocycles. The summed E-state index contributed by atoms with van der Waals surface area (Å²) in [6, 6.07) is 2.59. The van der Waals surface area contributed by atoms with Crippen LogP contribution in [-0.4, -0.2) is 65.5 Å². The van der Waals surface area contributed by atoms with Gasteiger partial charge in [-0.1, -0.05) is 0 Å². The molecule has 2 rings (SSSR count). The van der Waals surface area contributed by atoms with Crippen LogP contribution in [0.15, 0.2) is 21.7 Å². The highest BCUT2D eigenvalue weighted by molar-refractivity contribution is 5.81. The monoisotopic (exact) mass is 323 g/mol. The van der Waals surface area contributed by atoms with Crippen LogP contribution in [0.4, 0.5) is 5.88 Å². The summed E-state index contributed by atoms with van der Waals surface area (Å²) in [6.07, 6.45) is 1.19. The van der Waals surface area contributed by atoms with Crippen molar-refractivity contribution < 1.29 is 18.9 Å². The highest BCUT2D eigenvalue weighted by atomic mass is 16.6. The molecule has 1 aliphatic heterocycles. The summed E-state index contributed by atoms with van der Waals surface area (Å²) >= 11 is 0. The summed E-state index contributed by atoms with van der Waals surface area (Å²) < 4.78 is 4.86. The van der Waals surface area contributed by atoms with Gasteiger partial charge in [-0.3, -0.25) is 24.6 Å². The number of nitrogens with one attached hydrogen (secondary N) is 1. The molecule has 1 aromatic heterocycles. The molecule has 0 aliphatic carbocycles. The first-order valence-corrected chi connectivity index (χ1v) is 6.99. The van der Waals surface area contributed by atoms with Gasteiger partial charge in [0.05, 0.1) is 18.8 Å². The van der Waals surface area contributed by atoms with E-state index in [1.165, 1.54) is 25.3 Å². The second-order valence-corrected chi connectivity index (χ2v) is 5.01. The molecule has 2 heterocycles. The number of furan rings is 1. The maximum absolute atomic E-state index is 11.7. The number of piperazine rings is 1. The molecule has 1 N–H and O–H groups in total. The average molecular weight is 323 g/mol. The first kappa shape index (κ1) is 16.6. The molecular formula is C13H17N5O5. The van der Waals surface area contributed by atoms with Gasteiger partial charge in [0.15, 0.2) is 5.76 Å². The van der Waals surface area contributed by atoms with Crippen molar-refractivity contribution in [2.24, 2.45) is 5.10 Å². The van der Waals surface area contributed by atoms with Crippen LogP contribution in [0, 0.1) is 10.1 Å². The molecule has 23 heavy (non-hydrogen) atoms. The average Bonchev–Trinajstić information content (AvgIpc) is 2.97. The Labute approximate surface area is 131 Å². The molecular weight excluding hydrogens is 306 g/mol. The van der Waals surface area contributed by atoms with E-state index in [0.717, 1.165) is 0 Å². The van der Waals surface area contributed by atoms with Crippen LogP contribution in [0.1, 0.15) is 12.7 Å². The Bertz CT molecular complexity index is 618. The van der Waals surface area contributed by atoms with Crippen LogP contribution in [-0.2, 0) is 9.59 Å². The molecule has 1 aliphatic rings. The van der Waals surface area contributed by atoms with E-state index in [2.05, 4.69) is 10.5 Å². The van der Waals surface area contributed by atoms with Crippen molar-refractivity contribution in [2.75, 3.05) is 32.7 Å². The minimum absolute atomic E-state index is 0.0336. The van der Waals surface area contributed by atoms with Gasteiger partial charge in [0.1, 0.15) is 4.92 Å². The number of amides is 2. The van der Waals surface area contributed by atoms with E-state index in [4.69, 9.17) is 4.42 Å². The van der Waals surface area contributed by atoms with Crippen molar-refractivity contribution in [3.63, 3.8) is 0 Å². The zero-order valence-electron chi connectivity index (χ0n) is 12.6. The zero-order chi connectivity index (χ0) is 16.8. The van der Waals surface area contributed by atoms with E-state index in [9.17, 15) is 19.7 Å². The van der Waals surface area contributed by atoms with E-state index < -0.39 is 4.92 Å². The molecule has 2 amide bonds. The van der Waals surface area contributed by atoms with Crippen LogP contribution < -0.4 is 5.43 Å². The quantitative estimate of drug-likeness (QED) is 0.455. The fourth-order valence-electron chi connectivity index (χ4n) is 2.14. The van der Waals surface area contributed by atoms with Crippen molar-refractivity contribution in [3.05, 3.63) is 28.0 Å². The van der Waals surface area contributed by atoms with Crippen molar-refractivity contribution in [1.82, 2.24) is 15.2 Å². The Morgan fingerprint density at radius 1 is 1.39 bits per heavy atom. The van der Waals surface area contributed by atoms with E-state index in [1.54, 1.807) is 4.90 Å². The Morgan fingerprint density at radius 2 is 2.09 bits per heavy atom. The van der Waals surface area contributed by atoms with Gasteiger partial charge in [0.25, 0.3) is 5.91 Å². The fourth-order valence-corrected chi connectivity index (χ4v) is 2.14. The zero-order valence-corrected chi connectivity index (χ0v) is 12.6. The van der Waals surface area contributed by atoms with Crippen LogP contribution in [0.5, 0.6) is 0 Å². The van der Waals surface area contributed by atoms with Gasteiger partial charge in [-0.25, -0.2) is 5.43 Å². The van der Waals surface area contributed by atoms with Crippen LogP contribution in [0.2, 0.25) is 0 Å². The first-order valence-electron chi connectivity index (χ1n) is 6.99. The number of rotatable bonds is 5. The number of nitrogens with zero attached hydrogens (tertiary/aromatic N) is 4. The van der Waals surface area contributed by atoms with E-state index in [0.29, 0.717) is 26.2 Å². The Hall–Kier alpha value is -2.75. The molecule has 0 saturated carbocycles. The highest BCUT2D eigenvalue weighted by Crippen LogP contribution is 2.13. The van der Waals surface area contributed by atoms with Crippen molar-refractivity contribution in [2.45, 2.75) is 6.92 Å². The predicted octanol–water partition coefficient (Wildman–Crippen LogP) is -0.198. The fraction of sp³-hybridized carbons (Fsp3) is 0.462. The molecule has 10 heteroatoms. The van der Waals surface area contributed by atoms with Gasteiger partial charge in [-0.15, -0.1) is 0 Å². The molecule has 10 nitrogen and oxygen atoms in total. The third-order valence-electron chi connectivity index (χ3n) is 3.36. The molecule has 0 unspecified atom stereocenters. The number of carbonyl (C=O) groups excluding carboxylic acids is 2. The van der Waals surface area contributed by atoms with Gasteiger partial charge in [0.2, 0.25) is 5.91 Å². The Balaban J connectivity index is 1.73. The summed E-state index contributed by atoms with van der Waals surface area (Å²) in [6.45, 7) is 4.14. The van der Waals surface area contributed by atoms with Crippen LogP contribution in [0.25, 0.3) is 0 Å². The van der Waals surface area contributed by atoms with Crippen molar-refractivity contribution in [3.8, 4) is 0 Å². The lowest BCUT2D eigenvalue weighted by Gasteiger charge is -2.33. The second kappa shape index (κ2) is 7.49. The van der Waals surface area contributed by atoms with Gasteiger partial charge in [-0.05, 0) is 6.07 Å². The van der Waals surface area contributed by atoms with Crippen LogP contribution >= 0.6 is 0 Å². The Morgan fingerprint density at radius 3 is 2.65 bits per heavy atom. The normalized spacial score (nSPS) is 15.8. The molecule has 0 bridgehead atoms. The lowest BCUT2D eigenvalue weighted by Crippen LogP contribution is -2.50. The van der Waals surface area contributed by atoms with E-state index in [-0.39, 0.29) is 30.0 Å². The maximum Gasteiger partial charge on any atom is 0.433 e. The maximum atomic E-state index is 11.7. The smallest absolute Gasteiger partial charge is 0.400 e. The third kappa shape index (κ3) is 4.88. The van der Waals surface area contributed by atoms with Crippen molar-refractivity contribution in [1.29, 1.82) is 0 Å². The topological polar surface area (TPSA) is 121 Å². The first-order chi connectivity index (χ1) is 11.0. The minimum atomic E-state index is -0.656. The number of nitro groups is 1. The lowest BCUT2D eigenvalue weighted by molar-refractivity contribution is -0.402. The van der Waals surface area contributed by atoms with Crippen molar-refractivity contribution >= 4 is 23.9 Å². The molecule has 1 aromatic rings. The van der Waals surface area contributed by atoms with Gasteiger partial charge in [-0.2, -0.15) is 5.10 Å². The van der Waals surface area contributed by atoms with Gasteiger partial charge in [0, 0.05) is 33.1 Å². The van der Waals surface area contributed by atoms with E-state index >= 15 is 0 Å². The summed E-state index contributed by atoms with van der Waals surface area (Å²) in [5, 5.41) is 14.1. The largest absolute Gasteiger partial charge is 0.433 e. The minimum Gasteiger partial charge on any atom is -0.400 e. The molecule has 124 valence electrons. The van der Waals surface area contributed by atoms with Crippen LogP contribution in [0.3, 0.4) is 0 Å². The highest BCUT2D eigenvalue weighted by Gasteiger charge is 2.20. The summed E-state index contributed by atoms with van der Waals surface area (Å²) in [4.78, 5) is 36.4. The molecule has 0 spiro atoms. The second-order valence-electron chi connectivity index (χ2n) is 5.01. The standard InChI is InChI=1S/C13H17N5O5/c1-10(19)17-6-4-16(5-7-17)9-12(20)15-14-8-11-2-3-13(23-11)18(21)22/h2-3,8H,4-7,9H2,1H3,(H,15,20)/b14-8+. The van der Waals surface area contributed by atoms with E-state index in [1.807, 2.05) is 4.90 Å². The molecule has 0 radical (unpaired) electrons. The number of hydrogen-bond acceptors (Lipinski definition) is 7. The number of hydrogen-bond donors (Lipinski definition) is 1. The molecule has 0 atom stereocenters.